The number of para-hydroxylation sites is 1. The minimum absolute atomic E-state index is 0.0154. The van der Waals surface area contributed by atoms with E-state index in [0.717, 1.165) is 5.69 Å². The van der Waals surface area contributed by atoms with E-state index in [9.17, 15) is 14.0 Å². The third kappa shape index (κ3) is 5.25. The molecule has 2 N–H and O–H groups in total. The molecule has 1 aliphatic heterocycles. The highest BCUT2D eigenvalue weighted by molar-refractivity contribution is 5.92. The van der Waals surface area contributed by atoms with Crippen LogP contribution in [-0.4, -0.2) is 37.0 Å². The van der Waals surface area contributed by atoms with Gasteiger partial charge >= 0.3 is 6.03 Å². The first kappa shape index (κ1) is 20.6. The SMILES string of the molecule is COc1ccc([C@@H](C)NC(=O)N2CCC(C(=O)Nc3ccccc3)CC2)cc1F. The molecular formula is C22H26FN3O3. The molecule has 2 aromatic carbocycles. The maximum atomic E-state index is 13.9. The predicted molar refractivity (Wildman–Crippen MR) is 109 cm³/mol. The fourth-order valence-corrected chi connectivity index (χ4v) is 3.42. The Labute approximate surface area is 170 Å². The monoisotopic (exact) mass is 399 g/mol. The summed E-state index contributed by atoms with van der Waals surface area (Å²) in [7, 11) is 1.41. The van der Waals surface area contributed by atoms with Crippen molar-refractivity contribution in [3.63, 3.8) is 0 Å². The van der Waals surface area contributed by atoms with Crippen LogP contribution in [0.1, 0.15) is 31.4 Å². The smallest absolute Gasteiger partial charge is 0.317 e. The Bertz CT molecular complexity index is 852. The number of nitrogens with one attached hydrogen (secondary N) is 2. The Kier molecular flexibility index (Phi) is 6.69. The largest absolute Gasteiger partial charge is 0.494 e. The van der Waals surface area contributed by atoms with Crippen molar-refractivity contribution in [2.24, 2.45) is 5.92 Å². The molecule has 154 valence electrons. The number of urea groups is 1. The van der Waals surface area contributed by atoms with Crippen LogP contribution < -0.4 is 15.4 Å². The summed E-state index contributed by atoms with van der Waals surface area (Å²) in [5, 5.41) is 5.81. The van der Waals surface area contributed by atoms with E-state index in [4.69, 9.17) is 4.74 Å². The molecule has 3 rings (SSSR count). The van der Waals surface area contributed by atoms with Crippen molar-refractivity contribution in [2.75, 3.05) is 25.5 Å². The Morgan fingerprint density at radius 3 is 2.45 bits per heavy atom. The Balaban J connectivity index is 1.49. The number of hydrogen-bond donors (Lipinski definition) is 2. The molecule has 1 heterocycles. The Morgan fingerprint density at radius 1 is 1.14 bits per heavy atom. The topological polar surface area (TPSA) is 70.7 Å². The molecule has 1 atom stereocenters. The van der Waals surface area contributed by atoms with Crippen molar-refractivity contribution >= 4 is 17.6 Å². The van der Waals surface area contributed by atoms with Crippen LogP contribution >= 0.6 is 0 Å². The fourth-order valence-electron chi connectivity index (χ4n) is 3.42. The third-order valence-corrected chi connectivity index (χ3v) is 5.21. The summed E-state index contributed by atoms with van der Waals surface area (Å²) in [5.74, 6) is -0.426. The zero-order valence-electron chi connectivity index (χ0n) is 16.7. The van der Waals surface area contributed by atoms with Gasteiger partial charge in [0.05, 0.1) is 13.2 Å². The van der Waals surface area contributed by atoms with Crippen molar-refractivity contribution in [3.05, 3.63) is 59.9 Å². The van der Waals surface area contributed by atoms with Gasteiger partial charge < -0.3 is 20.3 Å². The summed E-state index contributed by atoms with van der Waals surface area (Å²) in [5.41, 5.74) is 1.44. The number of nitrogens with zero attached hydrogens (tertiary/aromatic N) is 1. The summed E-state index contributed by atoms with van der Waals surface area (Å²) in [6.07, 6.45) is 1.22. The number of benzene rings is 2. The second-order valence-electron chi connectivity index (χ2n) is 7.18. The molecule has 1 saturated heterocycles. The van der Waals surface area contributed by atoms with Crippen LogP contribution in [0.25, 0.3) is 0 Å². The van der Waals surface area contributed by atoms with Gasteiger partial charge in [0.25, 0.3) is 0 Å². The van der Waals surface area contributed by atoms with Crippen LogP contribution in [0, 0.1) is 11.7 Å². The molecule has 7 heteroatoms. The van der Waals surface area contributed by atoms with Gasteiger partial charge in [0.1, 0.15) is 0 Å². The van der Waals surface area contributed by atoms with E-state index >= 15 is 0 Å². The number of methoxy groups -OCH3 is 1. The molecular weight excluding hydrogens is 373 g/mol. The lowest BCUT2D eigenvalue weighted by atomic mass is 9.96. The van der Waals surface area contributed by atoms with Crippen molar-refractivity contribution in [2.45, 2.75) is 25.8 Å². The highest BCUT2D eigenvalue weighted by Gasteiger charge is 2.28. The van der Waals surface area contributed by atoms with E-state index in [0.29, 0.717) is 31.5 Å². The number of halogens is 1. The molecule has 0 spiro atoms. The van der Waals surface area contributed by atoms with Crippen LogP contribution in [0.2, 0.25) is 0 Å². The molecule has 0 aromatic heterocycles. The second-order valence-corrected chi connectivity index (χ2v) is 7.18. The highest BCUT2D eigenvalue weighted by Crippen LogP contribution is 2.23. The zero-order valence-corrected chi connectivity index (χ0v) is 16.7. The normalized spacial score (nSPS) is 15.5. The first-order valence-corrected chi connectivity index (χ1v) is 9.72. The fraction of sp³-hybridized carbons (Fsp3) is 0.364. The summed E-state index contributed by atoms with van der Waals surface area (Å²) in [6, 6.07) is 13.4. The van der Waals surface area contributed by atoms with Crippen LogP contribution in [0.4, 0.5) is 14.9 Å². The van der Waals surface area contributed by atoms with E-state index in [2.05, 4.69) is 10.6 Å². The molecule has 0 unspecified atom stereocenters. The van der Waals surface area contributed by atoms with Crippen LogP contribution in [0.5, 0.6) is 5.75 Å². The lowest BCUT2D eigenvalue weighted by molar-refractivity contribution is -0.121. The lowest BCUT2D eigenvalue weighted by Gasteiger charge is -2.32. The van der Waals surface area contributed by atoms with Gasteiger partial charge in [-0.1, -0.05) is 24.3 Å². The Morgan fingerprint density at radius 2 is 1.83 bits per heavy atom. The molecule has 6 nitrogen and oxygen atoms in total. The highest BCUT2D eigenvalue weighted by atomic mass is 19.1. The summed E-state index contributed by atoms with van der Waals surface area (Å²) in [6.45, 7) is 2.81. The molecule has 1 fully saturated rings. The molecule has 3 amide bonds. The van der Waals surface area contributed by atoms with Gasteiger partial charge in [-0.15, -0.1) is 0 Å². The van der Waals surface area contributed by atoms with Crippen LogP contribution in [0.15, 0.2) is 48.5 Å². The number of ether oxygens (including phenoxy) is 1. The number of carbonyl (C=O) groups is 2. The third-order valence-electron chi connectivity index (χ3n) is 5.21. The summed E-state index contributed by atoms with van der Waals surface area (Å²) < 4.78 is 18.8. The van der Waals surface area contributed by atoms with Gasteiger partial charge in [0.2, 0.25) is 5.91 Å². The van der Waals surface area contributed by atoms with E-state index < -0.39 is 5.82 Å². The first-order valence-electron chi connectivity index (χ1n) is 9.72. The number of likely N-dealkylation sites (tertiary alicyclic amines) is 1. The number of anilines is 1. The van der Waals surface area contributed by atoms with Crippen LogP contribution in [0.3, 0.4) is 0 Å². The van der Waals surface area contributed by atoms with Gasteiger partial charge in [-0.25, -0.2) is 9.18 Å². The number of hydrogen-bond acceptors (Lipinski definition) is 3. The van der Waals surface area contributed by atoms with Crippen molar-refractivity contribution < 1.29 is 18.7 Å². The van der Waals surface area contributed by atoms with Crippen molar-refractivity contribution in [1.29, 1.82) is 0 Å². The number of rotatable bonds is 5. The van der Waals surface area contributed by atoms with Gasteiger partial charge in [-0.2, -0.15) is 0 Å². The van der Waals surface area contributed by atoms with Gasteiger partial charge in [0.15, 0.2) is 11.6 Å². The molecule has 29 heavy (non-hydrogen) atoms. The number of amides is 3. The molecule has 0 bridgehead atoms. The summed E-state index contributed by atoms with van der Waals surface area (Å²) >= 11 is 0. The Hall–Kier alpha value is -3.09. The first-order chi connectivity index (χ1) is 14.0. The summed E-state index contributed by atoms with van der Waals surface area (Å²) in [4.78, 5) is 26.7. The van der Waals surface area contributed by atoms with E-state index in [-0.39, 0.29) is 29.6 Å². The predicted octanol–water partition coefficient (Wildman–Crippen LogP) is 3.96. The van der Waals surface area contributed by atoms with Crippen molar-refractivity contribution in [1.82, 2.24) is 10.2 Å². The average molecular weight is 399 g/mol. The molecule has 0 aliphatic carbocycles. The molecule has 2 aromatic rings. The van der Waals surface area contributed by atoms with Gasteiger partial charge in [-0.05, 0) is 49.6 Å². The standard InChI is InChI=1S/C22H26FN3O3/c1-15(17-8-9-20(29-2)19(23)14-17)24-22(28)26-12-10-16(11-13-26)21(27)25-18-6-4-3-5-7-18/h3-9,14-16H,10-13H2,1-2H3,(H,24,28)(H,25,27)/t15-/m1/s1. The van der Waals surface area contributed by atoms with E-state index in [1.807, 2.05) is 30.3 Å². The lowest BCUT2D eigenvalue weighted by Crippen LogP contribution is -2.46. The van der Waals surface area contributed by atoms with E-state index in [1.165, 1.54) is 13.2 Å². The maximum Gasteiger partial charge on any atom is 0.317 e. The molecule has 0 saturated carbocycles. The van der Waals surface area contributed by atoms with Gasteiger partial charge in [-0.3, -0.25) is 4.79 Å². The average Bonchev–Trinajstić information content (AvgIpc) is 2.74. The minimum Gasteiger partial charge on any atom is -0.494 e. The molecule has 1 aliphatic rings. The second kappa shape index (κ2) is 9.41. The molecule has 0 radical (unpaired) electrons. The quantitative estimate of drug-likeness (QED) is 0.800. The zero-order chi connectivity index (χ0) is 20.8. The van der Waals surface area contributed by atoms with Crippen LogP contribution in [-0.2, 0) is 4.79 Å². The minimum atomic E-state index is -0.462. The van der Waals surface area contributed by atoms with Gasteiger partial charge in [0, 0.05) is 24.7 Å². The number of carbonyl (C=O) groups excluding carboxylic acids is 2. The van der Waals surface area contributed by atoms with Crippen molar-refractivity contribution in [3.8, 4) is 5.75 Å². The number of piperidine rings is 1. The maximum absolute atomic E-state index is 13.9. The van der Waals surface area contributed by atoms with E-state index in [1.54, 1.807) is 24.0 Å².